The zero-order chi connectivity index (χ0) is 13.9. The van der Waals surface area contributed by atoms with Crippen LogP contribution in [0.15, 0.2) is 35.3 Å². The summed E-state index contributed by atoms with van der Waals surface area (Å²) >= 11 is 3.44. The number of rotatable bonds is 3. The van der Waals surface area contributed by atoms with Crippen molar-refractivity contribution in [3.8, 4) is 0 Å². The Morgan fingerprint density at radius 3 is 2.50 bits per heavy atom. The maximum Gasteiger partial charge on any atom is 0.254 e. The molecular weight excluding hydrogens is 290 g/mol. The summed E-state index contributed by atoms with van der Waals surface area (Å²) < 4.78 is 1.02. The SMILES string of the molecule is C=CCN(C(=O)c1ccc(Br)c(C)c1)C(C)(C)C. The molecule has 0 aliphatic heterocycles. The zero-order valence-corrected chi connectivity index (χ0v) is 13.0. The molecule has 1 rings (SSSR count). The van der Waals surface area contributed by atoms with Gasteiger partial charge in [0.15, 0.2) is 0 Å². The molecular formula is C15H20BrNO. The quantitative estimate of drug-likeness (QED) is 0.767. The number of amides is 1. The Bertz CT molecular complexity index is 460. The van der Waals surface area contributed by atoms with Crippen LogP contribution in [0.4, 0.5) is 0 Å². The molecule has 2 nitrogen and oxygen atoms in total. The molecule has 0 aromatic heterocycles. The molecule has 0 unspecified atom stereocenters. The Kier molecular flexibility index (Phi) is 4.74. The largest absolute Gasteiger partial charge is 0.330 e. The van der Waals surface area contributed by atoms with E-state index in [2.05, 4.69) is 22.5 Å². The molecule has 0 radical (unpaired) electrons. The van der Waals surface area contributed by atoms with Crippen molar-refractivity contribution in [2.75, 3.05) is 6.54 Å². The van der Waals surface area contributed by atoms with E-state index in [1.807, 2.05) is 50.8 Å². The first kappa shape index (κ1) is 15.0. The number of benzene rings is 1. The Morgan fingerprint density at radius 2 is 2.06 bits per heavy atom. The molecule has 1 aromatic carbocycles. The molecule has 0 fully saturated rings. The van der Waals surface area contributed by atoms with Crippen molar-refractivity contribution >= 4 is 21.8 Å². The number of hydrogen-bond acceptors (Lipinski definition) is 1. The monoisotopic (exact) mass is 309 g/mol. The molecule has 0 aliphatic rings. The van der Waals surface area contributed by atoms with Gasteiger partial charge in [-0.05, 0) is 51.5 Å². The topological polar surface area (TPSA) is 20.3 Å². The molecule has 0 saturated carbocycles. The predicted octanol–water partition coefficient (Wildman–Crippen LogP) is 4.18. The third kappa shape index (κ3) is 3.45. The first-order chi connectivity index (χ1) is 8.27. The predicted molar refractivity (Wildman–Crippen MR) is 79.9 cm³/mol. The van der Waals surface area contributed by atoms with Crippen molar-refractivity contribution in [2.24, 2.45) is 0 Å². The van der Waals surface area contributed by atoms with Crippen LogP contribution in [0, 0.1) is 6.92 Å². The molecule has 0 saturated heterocycles. The highest BCUT2D eigenvalue weighted by molar-refractivity contribution is 9.10. The number of hydrogen-bond donors (Lipinski definition) is 0. The number of aryl methyl sites for hydroxylation is 1. The molecule has 0 bridgehead atoms. The van der Waals surface area contributed by atoms with Gasteiger partial charge in [-0.1, -0.05) is 22.0 Å². The zero-order valence-electron chi connectivity index (χ0n) is 11.5. The molecule has 0 spiro atoms. The Hall–Kier alpha value is -1.09. The normalized spacial score (nSPS) is 11.2. The third-order valence-electron chi connectivity index (χ3n) is 2.77. The fourth-order valence-electron chi connectivity index (χ4n) is 1.72. The van der Waals surface area contributed by atoms with Crippen LogP contribution < -0.4 is 0 Å². The van der Waals surface area contributed by atoms with E-state index < -0.39 is 0 Å². The standard InChI is InChI=1S/C15H20BrNO/c1-6-9-17(15(3,4)5)14(18)12-7-8-13(16)11(2)10-12/h6-8,10H,1,9H2,2-5H3. The fraction of sp³-hybridized carbons (Fsp3) is 0.400. The summed E-state index contributed by atoms with van der Waals surface area (Å²) in [7, 11) is 0. The van der Waals surface area contributed by atoms with Crippen LogP contribution in [-0.2, 0) is 0 Å². The summed E-state index contributed by atoms with van der Waals surface area (Å²) in [6.45, 7) is 12.3. The summed E-state index contributed by atoms with van der Waals surface area (Å²) in [5.41, 5.74) is 1.56. The van der Waals surface area contributed by atoms with Gasteiger partial charge in [-0.2, -0.15) is 0 Å². The summed E-state index contributed by atoms with van der Waals surface area (Å²) in [5, 5.41) is 0. The second-order valence-electron chi connectivity index (χ2n) is 5.34. The van der Waals surface area contributed by atoms with Crippen LogP contribution in [0.1, 0.15) is 36.7 Å². The minimum Gasteiger partial charge on any atom is -0.330 e. The van der Waals surface area contributed by atoms with Gasteiger partial charge in [0.1, 0.15) is 0 Å². The average Bonchev–Trinajstić information content (AvgIpc) is 2.27. The van der Waals surface area contributed by atoms with Crippen LogP contribution in [-0.4, -0.2) is 22.9 Å². The Morgan fingerprint density at radius 1 is 1.44 bits per heavy atom. The van der Waals surface area contributed by atoms with Gasteiger partial charge in [-0.15, -0.1) is 6.58 Å². The van der Waals surface area contributed by atoms with Crippen molar-refractivity contribution in [3.05, 3.63) is 46.5 Å². The molecule has 0 atom stereocenters. The number of halogens is 1. The number of nitrogens with zero attached hydrogens (tertiary/aromatic N) is 1. The first-order valence-corrected chi connectivity index (χ1v) is 6.75. The molecule has 98 valence electrons. The first-order valence-electron chi connectivity index (χ1n) is 5.96. The molecule has 1 aromatic rings. The van der Waals surface area contributed by atoms with E-state index in [0.717, 1.165) is 10.0 Å². The summed E-state index contributed by atoms with van der Waals surface area (Å²) in [4.78, 5) is 14.3. The van der Waals surface area contributed by atoms with E-state index in [0.29, 0.717) is 12.1 Å². The summed E-state index contributed by atoms with van der Waals surface area (Å²) in [5.74, 6) is 0.0398. The van der Waals surface area contributed by atoms with Crippen LogP contribution in [0.25, 0.3) is 0 Å². The summed E-state index contributed by atoms with van der Waals surface area (Å²) in [6, 6.07) is 5.67. The van der Waals surface area contributed by atoms with E-state index in [4.69, 9.17) is 0 Å². The van der Waals surface area contributed by atoms with Gasteiger partial charge in [0.2, 0.25) is 0 Å². The molecule has 0 N–H and O–H groups in total. The lowest BCUT2D eigenvalue weighted by molar-refractivity contribution is 0.0616. The minimum absolute atomic E-state index is 0.0398. The van der Waals surface area contributed by atoms with E-state index >= 15 is 0 Å². The van der Waals surface area contributed by atoms with E-state index in [9.17, 15) is 4.79 Å². The number of carbonyl (C=O) groups is 1. The van der Waals surface area contributed by atoms with Crippen LogP contribution in [0.5, 0.6) is 0 Å². The average molecular weight is 310 g/mol. The molecule has 0 aliphatic carbocycles. The maximum atomic E-state index is 12.5. The number of carbonyl (C=O) groups excluding carboxylic acids is 1. The lowest BCUT2D eigenvalue weighted by atomic mass is 10.0. The fourth-order valence-corrected chi connectivity index (χ4v) is 1.97. The van der Waals surface area contributed by atoms with Crippen LogP contribution >= 0.6 is 15.9 Å². The third-order valence-corrected chi connectivity index (χ3v) is 3.66. The Labute approximate surface area is 118 Å². The van der Waals surface area contributed by atoms with E-state index in [-0.39, 0.29) is 11.4 Å². The van der Waals surface area contributed by atoms with E-state index in [1.165, 1.54) is 0 Å². The van der Waals surface area contributed by atoms with Gasteiger partial charge in [0.05, 0.1) is 0 Å². The van der Waals surface area contributed by atoms with Gasteiger partial charge in [-0.3, -0.25) is 4.79 Å². The smallest absolute Gasteiger partial charge is 0.254 e. The van der Waals surface area contributed by atoms with Crippen LogP contribution in [0.2, 0.25) is 0 Å². The minimum atomic E-state index is -0.216. The van der Waals surface area contributed by atoms with Crippen LogP contribution in [0.3, 0.4) is 0 Å². The second-order valence-corrected chi connectivity index (χ2v) is 6.19. The van der Waals surface area contributed by atoms with Gasteiger partial charge in [-0.25, -0.2) is 0 Å². The highest BCUT2D eigenvalue weighted by Crippen LogP contribution is 2.21. The molecule has 1 amide bonds. The van der Waals surface area contributed by atoms with Crippen molar-refractivity contribution in [1.29, 1.82) is 0 Å². The summed E-state index contributed by atoms with van der Waals surface area (Å²) in [6.07, 6.45) is 1.76. The Balaban J connectivity index is 3.09. The lowest BCUT2D eigenvalue weighted by Gasteiger charge is -2.35. The van der Waals surface area contributed by atoms with Gasteiger partial charge >= 0.3 is 0 Å². The highest BCUT2D eigenvalue weighted by Gasteiger charge is 2.26. The van der Waals surface area contributed by atoms with Gasteiger partial charge in [0.25, 0.3) is 5.91 Å². The van der Waals surface area contributed by atoms with Crippen molar-refractivity contribution in [1.82, 2.24) is 4.90 Å². The lowest BCUT2D eigenvalue weighted by Crippen LogP contribution is -2.45. The van der Waals surface area contributed by atoms with Crippen molar-refractivity contribution in [3.63, 3.8) is 0 Å². The molecule has 0 heterocycles. The molecule has 18 heavy (non-hydrogen) atoms. The van der Waals surface area contributed by atoms with Gasteiger partial charge in [0, 0.05) is 22.1 Å². The van der Waals surface area contributed by atoms with Crippen molar-refractivity contribution < 1.29 is 4.79 Å². The van der Waals surface area contributed by atoms with Crippen molar-refractivity contribution in [2.45, 2.75) is 33.2 Å². The molecule has 3 heteroatoms. The second kappa shape index (κ2) is 5.70. The maximum absolute atomic E-state index is 12.5. The highest BCUT2D eigenvalue weighted by atomic mass is 79.9. The van der Waals surface area contributed by atoms with E-state index in [1.54, 1.807) is 6.08 Å². The van der Waals surface area contributed by atoms with Gasteiger partial charge < -0.3 is 4.90 Å².